The zero-order valence-corrected chi connectivity index (χ0v) is 13.0. The molecule has 0 amide bonds. The molecule has 0 bridgehead atoms. The molecule has 0 aliphatic heterocycles. The van der Waals surface area contributed by atoms with Crippen LogP contribution in [0, 0.1) is 0 Å². The Bertz CT molecular complexity index is 828. The van der Waals surface area contributed by atoms with Crippen LogP contribution in [0.2, 0.25) is 0 Å². The summed E-state index contributed by atoms with van der Waals surface area (Å²) in [5, 5.41) is 0. The molecule has 0 spiro atoms. The third-order valence-electron chi connectivity index (χ3n) is 2.72. The van der Waals surface area contributed by atoms with Crippen molar-refractivity contribution < 1.29 is 16.8 Å². The van der Waals surface area contributed by atoms with Gasteiger partial charge in [-0.1, -0.05) is 42.5 Å². The maximum Gasteiger partial charge on any atom is 0.229 e. The Morgan fingerprint density at radius 2 is 1.43 bits per heavy atom. The second kappa shape index (κ2) is 5.87. The van der Waals surface area contributed by atoms with E-state index in [4.69, 9.17) is 0 Å². The van der Waals surface area contributed by atoms with Gasteiger partial charge in [-0.15, -0.1) is 0 Å². The van der Waals surface area contributed by atoms with E-state index in [1.807, 2.05) is 0 Å². The Morgan fingerprint density at radius 3 is 2.05 bits per heavy atom. The highest BCUT2D eigenvalue weighted by Crippen LogP contribution is 2.25. The Morgan fingerprint density at radius 1 is 0.857 bits per heavy atom. The van der Waals surface area contributed by atoms with Crippen LogP contribution in [0.5, 0.6) is 0 Å². The topological polar surface area (TPSA) is 80.3 Å². The van der Waals surface area contributed by atoms with Crippen molar-refractivity contribution >= 4 is 25.5 Å². The number of hydrogen-bond donors (Lipinski definition) is 1. The Balaban J connectivity index is 2.41. The van der Waals surface area contributed by atoms with Crippen molar-refractivity contribution in [1.29, 1.82) is 0 Å². The van der Waals surface area contributed by atoms with Crippen LogP contribution < -0.4 is 4.72 Å². The van der Waals surface area contributed by atoms with Gasteiger partial charge in [-0.2, -0.15) is 0 Å². The summed E-state index contributed by atoms with van der Waals surface area (Å²) in [5.41, 5.74) is 0.711. The molecule has 2 rings (SSSR count). The van der Waals surface area contributed by atoms with E-state index in [1.54, 1.807) is 42.5 Å². The third-order valence-corrected chi connectivity index (χ3v) is 5.05. The van der Waals surface area contributed by atoms with E-state index < -0.39 is 19.9 Å². The Hall–Kier alpha value is -1.86. The third kappa shape index (κ3) is 4.30. The van der Waals surface area contributed by atoms with Gasteiger partial charge in [-0.05, 0) is 17.7 Å². The van der Waals surface area contributed by atoms with Crippen LogP contribution >= 0.6 is 0 Å². The smallest absolute Gasteiger partial charge is 0.229 e. The van der Waals surface area contributed by atoms with Gasteiger partial charge in [0.25, 0.3) is 0 Å². The van der Waals surface area contributed by atoms with E-state index in [2.05, 4.69) is 4.72 Å². The summed E-state index contributed by atoms with van der Waals surface area (Å²) < 4.78 is 49.8. The molecule has 2 aromatic carbocycles. The van der Waals surface area contributed by atoms with Gasteiger partial charge < -0.3 is 0 Å². The first-order chi connectivity index (χ1) is 9.78. The van der Waals surface area contributed by atoms with Crippen LogP contribution in [-0.4, -0.2) is 23.1 Å². The zero-order valence-electron chi connectivity index (χ0n) is 11.4. The summed E-state index contributed by atoms with van der Waals surface area (Å²) in [6.45, 7) is 0. The molecule has 0 unspecified atom stereocenters. The Labute approximate surface area is 124 Å². The quantitative estimate of drug-likeness (QED) is 0.912. The molecule has 2 aromatic rings. The molecule has 0 aromatic heterocycles. The normalized spacial score (nSPS) is 12.0. The molecular formula is C14H15NO4S2. The van der Waals surface area contributed by atoms with Gasteiger partial charge in [0.1, 0.15) is 0 Å². The van der Waals surface area contributed by atoms with Crippen LogP contribution in [0.3, 0.4) is 0 Å². The number of benzene rings is 2. The summed E-state index contributed by atoms with van der Waals surface area (Å²) in [6.07, 6.45) is 0.980. The summed E-state index contributed by atoms with van der Waals surface area (Å²) in [6, 6.07) is 14.7. The summed E-state index contributed by atoms with van der Waals surface area (Å²) in [5.74, 6) is -0.184. The molecule has 0 aliphatic carbocycles. The number of rotatable bonds is 5. The van der Waals surface area contributed by atoms with Crippen LogP contribution in [0.15, 0.2) is 59.5 Å². The number of para-hydroxylation sites is 1. The van der Waals surface area contributed by atoms with Crippen LogP contribution in [0.25, 0.3) is 0 Å². The minimum atomic E-state index is -3.64. The number of hydrogen-bond acceptors (Lipinski definition) is 4. The molecule has 0 radical (unpaired) electrons. The average Bonchev–Trinajstić information content (AvgIpc) is 2.38. The maximum atomic E-state index is 12.5. The van der Waals surface area contributed by atoms with Gasteiger partial charge in [0, 0.05) is 0 Å². The first kappa shape index (κ1) is 15.5. The van der Waals surface area contributed by atoms with Crippen molar-refractivity contribution in [3.63, 3.8) is 0 Å². The van der Waals surface area contributed by atoms with Gasteiger partial charge in [0.15, 0.2) is 9.84 Å². The highest BCUT2D eigenvalue weighted by Gasteiger charge is 2.20. The fourth-order valence-corrected chi connectivity index (χ4v) is 4.06. The predicted octanol–water partition coefficient (Wildman–Crippen LogP) is 2.03. The molecule has 0 saturated heterocycles. The second-order valence-corrected chi connectivity index (χ2v) is 8.32. The van der Waals surface area contributed by atoms with Gasteiger partial charge in [0.05, 0.1) is 22.6 Å². The molecule has 21 heavy (non-hydrogen) atoms. The standard InChI is InChI=1S/C14H15NO4S2/c1-20(16,17)15-13-9-5-6-10-14(13)21(18,19)11-12-7-3-2-4-8-12/h2-10,15H,11H2,1H3. The van der Waals surface area contributed by atoms with E-state index in [0.717, 1.165) is 6.26 Å². The van der Waals surface area contributed by atoms with Crippen molar-refractivity contribution in [2.45, 2.75) is 10.6 Å². The fraction of sp³-hybridized carbons (Fsp3) is 0.143. The molecule has 0 heterocycles. The van der Waals surface area contributed by atoms with Crippen LogP contribution in [-0.2, 0) is 25.6 Å². The fourth-order valence-electron chi connectivity index (χ4n) is 1.89. The van der Waals surface area contributed by atoms with Crippen molar-refractivity contribution in [3.8, 4) is 0 Å². The zero-order chi connectivity index (χ0) is 15.5. The molecular weight excluding hydrogens is 310 g/mol. The minimum absolute atomic E-state index is 0.0284. The van der Waals surface area contributed by atoms with E-state index in [0.29, 0.717) is 5.56 Å². The average molecular weight is 325 g/mol. The SMILES string of the molecule is CS(=O)(=O)Nc1ccccc1S(=O)(=O)Cc1ccccc1. The Kier molecular flexibility index (Phi) is 4.34. The number of anilines is 1. The van der Waals surface area contributed by atoms with Gasteiger partial charge >= 0.3 is 0 Å². The van der Waals surface area contributed by atoms with Crippen LogP contribution in [0.4, 0.5) is 5.69 Å². The largest absolute Gasteiger partial charge is 0.282 e. The lowest BCUT2D eigenvalue weighted by Gasteiger charge is -2.11. The lowest BCUT2D eigenvalue weighted by atomic mass is 10.2. The van der Waals surface area contributed by atoms with Crippen molar-refractivity contribution in [3.05, 3.63) is 60.2 Å². The number of sulfone groups is 1. The molecule has 7 heteroatoms. The van der Waals surface area contributed by atoms with Crippen molar-refractivity contribution in [1.82, 2.24) is 0 Å². The monoisotopic (exact) mass is 325 g/mol. The van der Waals surface area contributed by atoms with E-state index in [-0.39, 0.29) is 16.3 Å². The van der Waals surface area contributed by atoms with Gasteiger partial charge in [-0.3, -0.25) is 4.72 Å². The van der Waals surface area contributed by atoms with E-state index in [9.17, 15) is 16.8 Å². The summed E-state index contributed by atoms with van der Waals surface area (Å²) >= 11 is 0. The molecule has 112 valence electrons. The van der Waals surface area contributed by atoms with E-state index >= 15 is 0 Å². The molecule has 0 aliphatic rings. The maximum absolute atomic E-state index is 12.5. The lowest BCUT2D eigenvalue weighted by Crippen LogP contribution is -2.14. The molecule has 1 N–H and O–H groups in total. The van der Waals surface area contributed by atoms with Gasteiger partial charge in [-0.25, -0.2) is 16.8 Å². The highest BCUT2D eigenvalue weighted by molar-refractivity contribution is 7.92. The molecule has 0 fully saturated rings. The van der Waals surface area contributed by atoms with Gasteiger partial charge in [0.2, 0.25) is 10.0 Å². The van der Waals surface area contributed by atoms with Crippen molar-refractivity contribution in [2.75, 3.05) is 11.0 Å². The second-order valence-electron chi connectivity index (χ2n) is 4.62. The summed E-state index contributed by atoms with van der Waals surface area (Å²) in [4.78, 5) is -0.0284. The summed E-state index contributed by atoms with van der Waals surface area (Å²) in [7, 11) is -7.19. The predicted molar refractivity (Wildman–Crippen MR) is 82.2 cm³/mol. The first-order valence-electron chi connectivity index (χ1n) is 6.11. The molecule has 5 nitrogen and oxygen atoms in total. The highest BCUT2D eigenvalue weighted by atomic mass is 32.2. The lowest BCUT2D eigenvalue weighted by molar-refractivity contribution is 0.595. The van der Waals surface area contributed by atoms with E-state index in [1.165, 1.54) is 12.1 Å². The minimum Gasteiger partial charge on any atom is -0.282 e. The van der Waals surface area contributed by atoms with Crippen molar-refractivity contribution in [2.24, 2.45) is 0 Å². The first-order valence-corrected chi connectivity index (χ1v) is 9.66. The molecule has 0 atom stereocenters. The molecule has 0 saturated carbocycles. The van der Waals surface area contributed by atoms with Crippen LogP contribution in [0.1, 0.15) is 5.56 Å². The number of nitrogens with one attached hydrogen (secondary N) is 1. The number of sulfonamides is 1.